The standard InChI is InChI=1S/C21H19NO3S/c1-17-10-8-9-15-20(17)26(24,25)22(16-18-11-4-2-5-12-18)21(23)19-13-6-3-7-14-19/h2-15H,16H2,1H3. The van der Waals surface area contributed by atoms with Crippen molar-refractivity contribution in [3.8, 4) is 0 Å². The first-order chi connectivity index (χ1) is 12.5. The number of benzene rings is 3. The van der Waals surface area contributed by atoms with Crippen LogP contribution in [0.25, 0.3) is 0 Å². The lowest BCUT2D eigenvalue weighted by molar-refractivity contribution is 0.0855. The van der Waals surface area contributed by atoms with Gasteiger partial charge >= 0.3 is 0 Å². The van der Waals surface area contributed by atoms with Crippen LogP contribution in [0.2, 0.25) is 0 Å². The molecule has 0 aromatic heterocycles. The summed E-state index contributed by atoms with van der Waals surface area (Å²) in [5.74, 6) is -0.544. The van der Waals surface area contributed by atoms with Gasteiger partial charge in [0, 0.05) is 5.56 Å². The number of hydrogen-bond acceptors (Lipinski definition) is 3. The van der Waals surface area contributed by atoms with E-state index < -0.39 is 15.9 Å². The van der Waals surface area contributed by atoms with Crippen LogP contribution >= 0.6 is 0 Å². The van der Waals surface area contributed by atoms with Crippen molar-refractivity contribution < 1.29 is 13.2 Å². The van der Waals surface area contributed by atoms with Gasteiger partial charge in [0.05, 0.1) is 11.4 Å². The van der Waals surface area contributed by atoms with Gasteiger partial charge in [0.15, 0.2) is 0 Å². The number of rotatable bonds is 5. The van der Waals surface area contributed by atoms with E-state index in [2.05, 4.69) is 0 Å². The minimum atomic E-state index is -3.99. The highest BCUT2D eigenvalue weighted by Gasteiger charge is 2.31. The van der Waals surface area contributed by atoms with Crippen molar-refractivity contribution in [1.29, 1.82) is 0 Å². The van der Waals surface area contributed by atoms with Crippen LogP contribution in [0.15, 0.2) is 89.8 Å². The Bertz CT molecular complexity index is 1000. The highest BCUT2D eigenvalue weighted by atomic mass is 32.2. The van der Waals surface area contributed by atoms with Crippen molar-refractivity contribution in [1.82, 2.24) is 4.31 Å². The maximum absolute atomic E-state index is 13.3. The fourth-order valence-electron chi connectivity index (χ4n) is 2.70. The highest BCUT2D eigenvalue weighted by molar-refractivity contribution is 7.89. The van der Waals surface area contributed by atoms with Crippen LogP contribution in [0.1, 0.15) is 21.5 Å². The molecule has 0 aliphatic rings. The summed E-state index contributed by atoms with van der Waals surface area (Å²) in [6.07, 6.45) is 0. The van der Waals surface area contributed by atoms with Crippen LogP contribution in [-0.4, -0.2) is 18.6 Å². The minimum absolute atomic E-state index is 0.0226. The van der Waals surface area contributed by atoms with E-state index in [0.717, 1.165) is 9.87 Å². The Morgan fingerprint density at radius 3 is 1.96 bits per heavy atom. The minimum Gasteiger partial charge on any atom is -0.268 e. The Morgan fingerprint density at radius 2 is 1.35 bits per heavy atom. The first kappa shape index (κ1) is 17.9. The molecule has 3 aromatic carbocycles. The summed E-state index contributed by atoms with van der Waals surface area (Å²) in [6, 6.07) is 24.2. The monoisotopic (exact) mass is 365 g/mol. The molecule has 0 aliphatic heterocycles. The van der Waals surface area contributed by atoms with Gasteiger partial charge in [0.25, 0.3) is 15.9 Å². The second kappa shape index (κ2) is 7.54. The molecular formula is C21H19NO3S. The molecule has 5 heteroatoms. The predicted octanol–water partition coefficient (Wildman–Crippen LogP) is 4.03. The molecule has 0 atom stereocenters. The Morgan fingerprint density at radius 1 is 0.808 bits per heavy atom. The molecule has 3 rings (SSSR count). The van der Waals surface area contributed by atoms with E-state index in [-0.39, 0.29) is 11.4 Å². The number of carbonyl (C=O) groups excluding carboxylic acids is 1. The van der Waals surface area contributed by atoms with E-state index >= 15 is 0 Å². The Labute approximate surface area is 153 Å². The van der Waals surface area contributed by atoms with Crippen LogP contribution in [-0.2, 0) is 16.6 Å². The van der Waals surface area contributed by atoms with Crippen molar-refractivity contribution >= 4 is 15.9 Å². The number of hydrogen-bond donors (Lipinski definition) is 0. The maximum atomic E-state index is 13.3. The lowest BCUT2D eigenvalue weighted by Gasteiger charge is -2.23. The molecular weight excluding hydrogens is 346 g/mol. The highest BCUT2D eigenvalue weighted by Crippen LogP contribution is 2.23. The third-order valence-electron chi connectivity index (χ3n) is 4.08. The summed E-state index contributed by atoms with van der Waals surface area (Å²) < 4.78 is 27.5. The van der Waals surface area contributed by atoms with Crippen LogP contribution in [0.3, 0.4) is 0 Å². The van der Waals surface area contributed by atoms with Crippen LogP contribution in [0, 0.1) is 6.92 Å². The molecule has 0 radical (unpaired) electrons. The molecule has 0 spiro atoms. The van der Waals surface area contributed by atoms with E-state index in [1.807, 2.05) is 18.2 Å². The van der Waals surface area contributed by atoms with Crippen molar-refractivity contribution in [2.75, 3.05) is 0 Å². The second-order valence-corrected chi connectivity index (χ2v) is 7.76. The van der Waals surface area contributed by atoms with Crippen molar-refractivity contribution in [3.63, 3.8) is 0 Å². The fourth-order valence-corrected chi connectivity index (χ4v) is 4.31. The lowest BCUT2D eigenvalue weighted by atomic mass is 10.2. The number of aryl methyl sites for hydroxylation is 1. The van der Waals surface area contributed by atoms with Gasteiger partial charge in [-0.25, -0.2) is 12.7 Å². The molecule has 4 nitrogen and oxygen atoms in total. The number of amides is 1. The van der Waals surface area contributed by atoms with E-state index in [0.29, 0.717) is 11.1 Å². The topological polar surface area (TPSA) is 54.5 Å². The smallest absolute Gasteiger partial charge is 0.267 e. The first-order valence-corrected chi connectivity index (χ1v) is 9.66. The summed E-state index contributed by atoms with van der Waals surface area (Å²) in [4.78, 5) is 13.2. The second-order valence-electron chi connectivity index (χ2n) is 5.93. The van der Waals surface area contributed by atoms with Crippen molar-refractivity contribution in [3.05, 3.63) is 102 Å². The first-order valence-electron chi connectivity index (χ1n) is 8.22. The van der Waals surface area contributed by atoms with E-state index in [1.165, 1.54) is 6.07 Å². The molecule has 0 saturated carbocycles. The Hall–Kier alpha value is -2.92. The number of carbonyl (C=O) groups is 1. The van der Waals surface area contributed by atoms with E-state index in [1.54, 1.807) is 67.6 Å². The molecule has 3 aromatic rings. The van der Waals surface area contributed by atoms with Crippen molar-refractivity contribution in [2.24, 2.45) is 0 Å². The van der Waals surface area contributed by atoms with Crippen LogP contribution in [0.5, 0.6) is 0 Å². The normalized spacial score (nSPS) is 11.1. The molecule has 26 heavy (non-hydrogen) atoms. The third-order valence-corrected chi connectivity index (χ3v) is 5.97. The van der Waals surface area contributed by atoms with Gasteiger partial charge in [0.2, 0.25) is 0 Å². The molecule has 1 amide bonds. The molecule has 0 bridgehead atoms. The zero-order valence-corrected chi connectivity index (χ0v) is 15.2. The molecule has 0 fully saturated rings. The van der Waals surface area contributed by atoms with Crippen LogP contribution < -0.4 is 0 Å². The third kappa shape index (κ3) is 3.68. The zero-order valence-electron chi connectivity index (χ0n) is 14.4. The SMILES string of the molecule is Cc1ccccc1S(=O)(=O)N(Cc1ccccc1)C(=O)c1ccccc1. The van der Waals surface area contributed by atoms with Gasteiger partial charge in [-0.15, -0.1) is 0 Å². The Balaban J connectivity index is 2.08. The number of sulfonamides is 1. The summed E-state index contributed by atoms with van der Waals surface area (Å²) in [6.45, 7) is 1.70. The molecule has 0 heterocycles. The van der Waals surface area contributed by atoms with Gasteiger partial charge in [0.1, 0.15) is 0 Å². The van der Waals surface area contributed by atoms with Gasteiger partial charge in [-0.1, -0.05) is 66.7 Å². The summed E-state index contributed by atoms with van der Waals surface area (Å²) in [5, 5.41) is 0. The lowest BCUT2D eigenvalue weighted by Crippen LogP contribution is -2.36. The van der Waals surface area contributed by atoms with Gasteiger partial charge in [-0.3, -0.25) is 4.79 Å². The molecule has 0 saturated heterocycles. The van der Waals surface area contributed by atoms with Gasteiger partial charge < -0.3 is 0 Å². The van der Waals surface area contributed by atoms with Gasteiger partial charge in [-0.05, 0) is 36.2 Å². The molecule has 0 unspecified atom stereocenters. The van der Waals surface area contributed by atoms with E-state index in [9.17, 15) is 13.2 Å². The van der Waals surface area contributed by atoms with Gasteiger partial charge in [-0.2, -0.15) is 0 Å². The predicted molar refractivity (Wildman–Crippen MR) is 101 cm³/mol. The quantitative estimate of drug-likeness (QED) is 0.686. The summed E-state index contributed by atoms with van der Waals surface area (Å²) in [7, 11) is -3.99. The zero-order chi connectivity index (χ0) is 18.6. The number of nitrogens with zero attached hydrogens (tertiary/aromatic N) is 1. The maximum Gasteiger partial charge on any atom is 0.267 e. The van der Waals surface area contributed by atoms with Crippen molar-refractivity contribution in [2.45, 2.75) is 18.4 Å². The molecule has 132 valence electrons. The average Bonchev–Trinajstić information content (AvgIpc) is 2.67. The summed E-state index contributed by atoms with van der Waals surface area (Å²) in [5.41, 5.74) is 1.68. The van der Waals surface area contributed by atoms with Crippen LogP contribution in [0.4, 0.5) is 0 Å². The largest absolute Gasteiger partial charge is 0.268 e. The fraction of sp³-hybridized carbons (Fsp3) is 0.0952. The molecule has 0 N–H and O–H groups in total. The molecule has 0 aliphatic carbocycles. The summed E-state index contributed by atoms with van der Waals surface area (Å²) >= 11 is 0. The average molecular weight is 365 g/mol. The Kier molecular flexibility index (Phi) is 5.19. The van der Waals surface area contributed by atoms with E-state index in [4.69, 9.17) is 0 Å².